The van der Waals surface area contributed by atoms with Gasteiger partial charge in [0.05, 0.1) is 11.9 Å². The summed E-state index contributed by atoms with van der Waals surface area (Å²) in [5, 5.41) is 30.1. The summed E-state index contributed by atoms with van der Waals surface area (Å²) in [4.78, 5) is 26.7. The minimum Gasteiger partial charge on any atom is -0.475 e. The zero-order valence-electron chi connectivity index (χ0n) is 20.9. The van der Waals surface area contributed by atoms with Crippen LogP contribution in [0, 0.1) is 0 Å². The van der Waals surface area contributed by atoms with Crippen molar-refractivity contribution in [2.24, 2.45) is 19.8 Å². The highest BCUT2D eigenvalue weighted by Crippen LogP contribution is 2.25. The summed E-state index contributed by atoms with van der Waals surface area (Å²) in [6.45, 7) is 0. The number of nitrogens with one attached hydrogen (secondary N) is 2. The van der Waals surface area contributed by atoms with E-state index in [4.69, 9.17) is 15.6 Å². The molecule has 39 heavy (non-hydrogen) atoms. The van der Waals surface area contributed by atoms with Gasteiger partial charge < -0.3 is 26.0 Å². The first-order chi connectivity index (χ1) is 18.4. The normalized spacial score (nSPS) is 17.4. The largest absolute Gasteiger partial charge is 0.490 e. The molecule has 1 fully saturated rings. The molecular weight excluding hydrogens is 523 g/mol. The van der Waals surface area contributed by atoms with E-state index in [1.807, 2.05) is 13.1 Å². The lowest BCUT2D eigenvalue weighted by Crippen LogP contribution is -2.42. The third kappa shape index (κ3) is 6.31. The smallest absolute Gasteiger partial charge is 0.475 e. The number of fused-ring (bicyclic) bond motifs is 1. The highest BCUT2D eigenvalue weighted by Gasteiger charge is 2.38. The van der Waals surface area contributed by atoms with Gasteiger partial charge in [-0.15, -0.1) is 10.2 Å². The van der Waals surface area contributed by atoms with Crippen LogP contribution in [0.25, 0.3) is 17.2 Å². The van der Waals surface area contributed by atoms with E-state index in [1.54, 1.807) is 39.5 Å². The molecule has 2 atom stereocenters. The Morgan fingerprint density at radius 2 is 1.92 bits per heavy atom. The fourth-order valence-corrected chi connectivity index (χ4v) is 4.07. The molecule has 0 unspecified atom stereocenters. The maximum atomic E-state index is 13.1. The Morgan fingerprint density at radius 1 is 1.21 bits per heavy atom. The first-order valence-electron chi connectivity index (χ1n) is 11.8. The molecule has 0 aromatic carbocycles. The number of halogens is 3. The number of carboxylic acid groups (broad SMARTS) is 1. The van der Waals surface area contributed by atoms with Crippen LogP contribution in [0.2, 0.25) is 0 Å². The molecule has 14 nitrogen and oxygen atoms in total. The molecule has 0 spiro atoms. The average Bonchev–Trinajstić information content (AvgIpc) is 3.58. The van der Waals surface area contributed by atoms with Crippen molar-refractivity contribution in [3.05, 3.63) is 36.5 Å². The van der Waals surface area contributed by atoms with Crippen molar-refractivity contribution >= 4 is 29.0 Å². The lowest BCUT2D eigenvalue weighted by Gasteiger charge is -2.29. The number of hydrogen-bond acceptors (Lipinski definition) is 9. The number of carboxylic acids is 1. The number of aryl methyl sites for hydroxylation is 2. The van der Waals surface area contributed by atoms with Crippen molar-refractivity contribution in [3.63, 3.8) is 0 Å². The summed E-state index contributed by atoms with van der Waals surface area (Å²) in [5.41, 5.74) is 8.12. The molecule has 208 valence electrons. The van der Waals surface area contributed by atoms with Gasteiger partial charge in [0.1, 0.15) is 17.7 Å². The van der Waals surface area contributed by atoms with E-state index >= 15 is 0 Å². The van der Waals surface area contributed by atoms with E-state index < -0.39 is 12.1 Å². The molecule has 1 saturated carbocycles. The number of carbonyl (C=O) groups excluding carboxylic acids is 1. The molecule has 5 N–H and O–H groups in total. The van der Waals surface area contributed by atoms with E-state index in [0.717, 1.165) is 25.7 Å². The number of amides is 1. The van der Waals surface area contributed by atoms with Gasteiger partial charge in [-0.3, -0.25) is 9.48 Å². The van der Waals surface area contributed by atoms with Crippen LogP contribution < -0.4 is 16.4 Å². The molecule has 4 heterocycles. The van der Waals surface area contributed by atoms with Crippen molar-refractivity contribution in [1.29, 1.82) is 0 Å². The third-order valence-corrected chi connectivity index (χ3v) is 6.01. The molecule has 1 aliphatic carbocycles. The SMILES string of the molecule is Cn1cc(NC(=O)c2cnn3ccc(N[C@@H]4CCCC[C@@H]4N)nc23)c(-c2nncn2C)n1.O=C(O)C(F)(F)F. The molecule has 0 aliphatic heterocycles. The lowest BCUT2D eigenvalue weighted by atomic mass is 9.91. The van der Waals surface area contributed by atoms with Crippen LogP contribution in [0.4, 0.5) is 24.7 Å². The van der Waals surface area contributed by atoms with Crippen LogP contribution in [-0.2, 0) is 18.9 Å². The van der Waals surface area contributed by atoms with Gasteiger partial charge in [0, 0.05) is 38.6 Å². The Kier molecular flexibility index (Phi) is 7.80. The van der Waals surface area contributed by atoms with Crippen molar-refractivity contribution < 1.29 is 27.9 Å². The molecule has 0 radical (unpaired) electrons. The Bertz CT molecular complexity index is 1480. The molecule has 5 rings (SSSR count). The first-order valence-corrected chi connectivity index (χ1v) is 11.8. The van der Waals surface area contributed by atoms with E-state index in [1.165, 1.54) is 6.20 Å². The molecule has 0 bridgehead atoms. The maximum Gasteiger partial charge on any atom is 0.490 e. The van der Waals surface area contributed by atoms with Gasteiger partial charge in [0.2, 0.25) is 0 Å². The number of aliphatic carboxylic acids is 1. The minimum absolute atomic E-state index is 0.0964. The molecule has 1 amide bonds. The Morgan fingerprint density at radius 3 is 2.56 bits per heavy atom. The third-order valence-electron chi connectivity index (χ3n) is 6.01. The number of hydrogen-bond donors (Lipinski definition) is 4. The Labute approximate surface area is 219 Å². The number of rotatable bonds is 5. The number of nitrogens with zero attached hydrogens (tertiary/aromatic N) is 8. The second kappa shape index (κ2) is 11.1. The Hall–Kier alpha value is -4.54. The van der Waals surface area contributed by atoms with Gasteiger partial charge >= 0.3 is 12.1 Å². The average molecular weight is 550 g/mol. The van der Waals surface area contributed by atoms with Gasteiger partial charge in [0.25, 0.3) is 5.91 Å². The fourth-order valence-electron chi connectivity index (χ4n) is 4.07. The predicted octanol–water partition coefficient (Wildman–Crippen LogP) is 1.83. The summed E-state index contributed by atoms with van der Waals surface area (Å²) >= 11 is 0. The van der Waals surface area contributed by atoms with Crippen LogP contribution in [-0.4, -0.2) is 74.4 Å². The van der Waals surface area contributed by atoms with E-state index in [-0.39, 0.29) is 18.0 Å². The van der Waals surface area contributed by atoms with Crippen molar-refractivity contribution in [1.82, 2.24) is 39.1 Å². The van der Waals surface area contributed by atoms with Gasteiger partial charge in [0.15, 0.2) is 17.2 Å². The second-order valence-corrected chi connectivity index (χ2v) is 8.93. The summed E-state index contributed by atoms with van der Waals surface area (Å²) in [6, 6.07) is 2.11. The first kappa shape index (κ1) is 27.5. The molecule has 4 aromatic heterocycles. The highest BCUT2D eigenvalue weighted by molar-refractivity contribution is 6.09. The van der Waals surface area contributed by atoms with Gasteiger partial charge in [-0.25, -0.2) is 14.3 Å². The topological polar surface area (TPSA) is 183 Å². The summed E-state index contributed by atoms with van der Waals surface area (Å²) in [6.07, 6.45) is 5.81. The quantitative estimate of drug-likeness (QED) is 0.286. The Balaban J connectivity index is 0.000000448. The summed E-state index contributed by atoms with van der Waals surface area (Å²) < 4.78 is 36.7. The van der Waals surface area contributed by atoms with Crippen LogP contribution in [0.3, 0.4) is 0 Å². The standard InChI is InChI=1S/C20H25N11O.C2HF3O2/c1-29-11-22-27-19(29)17-15(10-30(2)28-17)25-20(32)12-9-23-31-8-7-16(26-18(12)31)24-14-6-4-3-5-13(14)21;3-2(4,5)1(6)7/h7-11,13-14H,3-6,21H2,1-2H3,(H,24,26)(H,25,32);(H,6,7)/t13-,14+;/m0./s1. The summed E-state index contributed by atoms with van der Waals surface area (Å²) in [7, 11) is 3.60. The number of alkyl halides is 3. The van der Waals surface area contributed by atoms with Crippen LogP contribution in [0.1, 0.15) is 36.0 Å². The van der Waals surface area contributed by atoms with Crippen LogP contribution in [0.15, 0.2) is 31.0 Å². The van der Waals surface area contributed by atoms with Gasteiger partial charge in [-0.2, -0.15) is 23.4 Å². The van der Waals surface area contributed by atoms with E-state index in [0.29, 0.717) is 34.2 Å². The van der Waals surface area contributed by atoms with E-state index in [2.05, 4.69) is 36.0 Å². The molecule has 0 saturated heterocycles. The van der Waals surface area contributed by atoms with E-state index in [9.17, 15) is 18.0 Å². The maximum absolute atomic E-state index is 13.1. The number of anilines is 2. The van der Waals surface area contributed by atoms with Gasteiger partial charge in [-0.05, 0) is 18.9 Å². The van der Waals surface area contributed by atoms with Crippen LogP contribution in [0.5, 0.6) is 0 Å². The number of aromatic nitrogens is 8. The van der Waals surface area contributed by atoms with Crippen molar-refractivity contribution in [2.75, 3.05) is 10.6 Å². The number of nitrogens with two attached hydrogens (primary N) is 1. The minimum atomic E-state index is -5.08. The molecule has 4 aromatic rings. The monoisotopic (exact) mass is 549 g/mol. The van der Waals surface area contributed by atoms with Crippen molar-refractivity contribution in [3.8, 4) is 11.5 Å². The second-order valence-electron chi connectivity index (χ2n) is 8.93. The zero-order chi connectivity index (χ0) is 28.3. The lowest BCUT2D eigenvalue weighted by molar-refractivity contribution is -0.192. The zero-order valence-corrected chi connectivity index (χ0v) is 20.9. The van der Waals surface area contributed by atoms with Crippen LogP contribution >= 0.6 is 0 Å². The number of carbonyl (C=O) groups is 2. The predicted molar refractivity (Wildman–Crippen MR) is 132 cm³/mol. The molecular formula is C22H26F3N11O3. The summed E-state index contributed by atoms with van der Waals surface area (Å²) in [5.74, 6) is -1.87. The van der Waals surface area contributed by atoms with Gasteiger partial charge in [-0.1, -0.05) is 12.8 Å². The molecule has 1 aliphatic rings. The highest BCUT2D eigenvalue weighted by atomic mass is 19.4. The molecule has 17 heteroatoms. The van der Waals surface area contributed by atoms with Crippen molar-refractivity contribution in [2.45, 2.75) is 43.9 Å². The fraction of sp³-hybridized carbons (Fsp3) is 0.409.